The summed E-state index contributed by atoms with van der Waals surface area (Å²) in [6.45, 7) is 0.775. The summed E-state index contributed by atoms with van der Waals surface area (Å²) in [6, 6.07) is 1.55. The van der Waals surface area contributed by atoms with Crippen LogP contribution in [-0.2, 0) is 21.4 Å². The summed E-state index contributed by atoms with van der Waals surface area (Å²) in [5, 5.41) is 10.7. The number of aliphatic hydroxyl groups is 1. The molecular weight excluding hydrogens is 274 g/mol. The van der Waals surface area contributed by atoms with E-state index in [9.17, 15) is 8.42 Å². The topological polar surface area (TPSA) is 66.8 Å². The van der Waals surface area contributed by atoms with Gasteiger partial charge in [0.15, 0.2) is 0 Å². The molecule has 3 heterocycles. The first-order valence-corrected chi connectivity index (χ1v) is 8.25. The molecule has 1 N–H and O–H groups in total. The summed E-state index contributed by atoms with van der Waals surface area (Å²) in [6.07, 6.45) is 2.00. The maximum absolute atomic E-state index is 12.4. The van der Waals surface area contributed by atoms with Gasteiger partial charge >= 0.3 is 0 Å². The van der Waals surface area contributed by atoms with Crippen LogP contribution in [0.4, 0.5) is 0 Å². The number of morpholine rings is 1. The standard InChI is InChI=1S/C11H15NO4S2/c13-6-8-3-11(17-7-8)18(14,15)12-4-9-1-2-10(5-12)16-9/h3,7,9-10,13H,1-2,4-6H2. The quantitative estimate of drug-likeness (QED) is 0.893. The van der Waals surface area contributed by atoms with E-state index in [2.05, 4.69) is 0 Å². The maximum Gasteiger partial charge on any atom is 0.252 e. The molecule has 2 bridgehead atoms. The van der Waals surface area contributed by atoms with Crippen LogP contribution in [-0.4, -0.2) is 43.1 Å². The van der Waals surface area contributed by atoms with Gasteiger partial charge in [-0.25, -0.2) is 8.42 Å². The molecule has 5 nitrogen and oxygen atoms in total. The zero-order valence-electron chi connectivity index (χ0n) is 9.78. The van der Waals surface area contributed by atoms with E-state index in [0.29, 0.717) is 22.9 Å². The number of rotatable bonds is 3. The SMILES string of the molecule is O=S(=O)(c1cc(CO)cs1)N1CC2CCC(C1)O2. The molecule has 7 heteroatoms. The van der Waals surface area contributed by atoms with E-state index in [1.807, 2.05) is 0 Å². The molecule has 2 saturated heterocycles. The Bertz CT molecular complexity index is 527. The van der Waals surface area contributed by atoms with Crippen molar-refractivity contribution in [1.82, 2.24) is 4.31 Å². The highest BCUT2D eigenvalue weighted by molar-refractivity contribution is 7.91. The molecule has 1 aromatic heterocycles. The van der Waals surface area contributed by atoms with Crippen molar-refractivity contribution in [3.05, 3.63) is 17.0 Å². The van der Waals surface area contributed by atoms with Crippen LogP contribution in [0.25, 0.3) is 0 Å². The number of hydrogen-bond acceptors (Lipinski definition) is 5. The predicted molar refractivity (Wildman–Crippen MR) is 66.9 cm³/mol. The lowest BCUT2D eigenvalue weighted by Crippen LogP contribution is -2.45. The van der Waals surface area contributed by atoms with Gasteiger partial charge in [0.25, 0.3) is 10.0 Å². The molecule has 2 unspecified atom stereocenters. The Labute approximate surface area is 110 Å². The molecule has 0 amide bonds. The zero-order chi connectivity index (χ0) is 12.8. The highest BCUT2D eigenvalue weighted by Crippen LogP contribution is 2.31. The molecule has 1 aromatic rings. The number of sulfonamides is 1. The average Bonchev–Trinajstić information content (AvgIpc) is 2.96. The van der Waals surface area contributed by atoms with Gasteiger partial charge in [-0.2, -0.15) is 4.31 Å². The second kappa shape index (κ2) is 4.57. The molecule has 2 fully saturated rings. The van der Waals surface area contributed by atoms with Crippen LogP contribution in [0.2, 0.25) is 0 Å². The van der Waals surface area contributed by atoms with Crippen LogP contribution >= 0.6 is 11.3 Å². The number of fused-ring (bicyclic) bond motifs is 2. The second-order valence-corrected chi connectivity index (χ2v) is 7.79. The largest absolute Gasteiger partial charge is 0.392 e. The number of hydrogen-bond donors (Lipinski definition) is 1. The van der Waals surface area contributed by atoms with Gasteiger partial charge in [0.2, 0.25) is 0 Å². The van der Waals surface area contributed by atoms with E-state index in [0.717, 1.165) is 12.8 Å². The molecule has 0 saturated carbocycles. The molecule has 18 heavy (non-hydrogen) atoms. The first kappa shape index (κ1) is 12.6. The zero-order valence-corrected chi connectivity index (χ0v) is 11.4. The third kappa shape index (κ3) is 2.10. The summed E-state index contributed by atoms with van der Waals surface area (Å²) >= 11 is 1.17. The minimum Gasteiger partial charge on any atom is -0.392 e. The fourth-order valence-electron chi connectivity index (χ4n) is 2.47. The molecule has 2 aliphatic rings. The van der Waals surface area contributed by atoms with Crippen molar-refractivity contribution in [2.24, 2.45) is 0 Å². The van der Waals surface area contributed by atoms with Crippen molar-refractivity contribution < 1.29 is 18.3 Å². The van der Waals surface area contributed by atoms with E-state index in [1.165, 1.54) is 15.6 Å². The first-order valence-electron chi connectivity index (χ1n) is 5.93. The number of thiophene rings is 1. The lowest BCUT2D eigenvalue weighted by Gasteiger charge is -2.30. The predicted octanol–water partition coefficient (Wildman–Crippen LogP) is 0.792. The van der Waals surface area contributed by atoms with Gasteiger partial charge in [-0.15, -0.1) is 11.3 Å². The Morgan fingerprint density at radius 3 is 2.61 bits per heavy atom. The maximum atomic E-state index is 12.4. The van der Waals surface area contributed by atoms with Gasteiger partial charge < -0.3 is 9.84 Å². The highest BCUT2D eigenvalue weighted by atomic mass is 32.2. The normalized spacial score (nSPS) is 28.7. The van der Waals surface area contributed by atoms with Gasteiger partial charge in [-0.05, 0) is 29.9 Å². The Morgan fingerprint density at radius 2 is 2.06 bits per heavy atom. The average molecular weight is 289 g/mol. The van der Waals surface area contributed by atoms with Crippen molar-refractivity contribution in [3.63, 3.8) is 0 Å². The van der Waals surface area contributed by atoms with Crippen molar-refractivity contribution >= 4 is 21.4 Å². The lowest BCUT2D eigenvalue weighted by molar-refractivity contribution is -0.0114. The molecule has 2 atom stereocenters. The monoisotopic (exact) mass is 289 g/mol. The van der Waals surface area contributed by atoms with E-state index in [-0.39, 0.29) is 18.8 Å². The third-order valence-corrected chi connectivity index (χ3v) is 6.71. The van der Waals surface area contributed by atoms with Gasteiger partial charge in [0.05, 0.1) is 18.8 Å². The minimum absolute atomic E-state index is 0.0517. The van der Waals surface area contributed by atoms with Crippen LogP contribution in [0.5, 0.6) is 0 Å². The smallest absolute Gasteiger partial charge is 0.252 e. The van der Waals surface area contributed by atoms with E-state index < -0.39 is 10.0 Å². The van der Waals surface area contributed by atoms with E-state index in [1.54, 1.807) is 11.4 Å². The van der Waals surface area contributed by atoms with Crippen LogP contribution < -0.4 is 0 Å². The third-order valence-electron chi connectivity index (χ3n) is 3.42. The van der Waals surface area contributed by atoms with Gasteiger partial charge in [0.1, 0.15) is 4.21 Å². The molecule has 3 rings (SSSR count). The van der Waals surface area contributed by atoms with Gasteiger partial charge in [-0.3, -0.25) is 0 Å². The van der Waals surface area contributed by atoms with Crippen LogP contribution in [0, 0.1) is 0 Å². The summed E-state index contributed by atoms with van der Waals surface area (Å²) in [4.78, 5) is 0. The summed E-state index contributed by atoms with van der Waals surface area (Å²) in [5.74, 6) is 0. The first-order chi connectivity index (χ1) is 8.59. The van der Waals surface area contributed by atoms with E-state index in [4.69, 9.17) is 9.84 Å². The minimum atomic E-state index is -3.42. The molecule has 0 aromatic carbocycles. The molecule has 2 aliphatic heterocycles. The van der Waals surface area contributed by atoms with Crippen molar-refractivity contribution in [1.29, 1.82) is 0 Å². The fourth-order valence-corrected chi connectivity index (χ4v) is 5.33. The van der Waals surface area contributed by atoms with Crippen LogP contribution in [0.15, 0.2) is 15.7 Å². The van der Waals surface area contributed by atoms with Crippen LogP contribution in [0.3, 0.4) is 0 Å². The van der Waals surface area contributed by atoms with E-state index >= 15 is 0 Å². The second-order valence-electron chi connectivity index (χ2n) is 4.71. The summed E-state index contributed by atoms with van der Waals surface area (Å²) < 4.78 is 32.3. The van der Waals surface area contributed by atoms with Crippen molar-refractivity contribution in [2.45, 2.75) is 35.9 Å². The Hall–Kier alpha value is -0.470. The lowest BCUT2D eigenvalue weighted by atomic mass is 10.2. The fraction of sp³-hybridized carbons (Fsp3) is 0.636. The van der Waals surface area contributed by atoms with Crippen LogP contribution in [0.1, 0.15) is 18.4 Å². The summed E-state index contributed by atoms with van der Waals surface area (Å²) in [7, 11) is -3.42. The highest BCUT2D eigenvalue weighted by Gasteiger charge is 2.39. The molecule has 0 spiro atoms. The molecule has 0 radical (unpaired) electrons. The Balaban J connectivity index is 1.86. The Morgan fingerprint density at radius 1 is 1.39 bits per heavy atom. The number of ether oxygens (including phenoxy) is 1. The molecule has 100 valence electrons. The number of nitrogens with zero attached hydrogens (tertiary/aromatic N) is 1. The number of aliphatic hydroxyl groups excluding tert-OH is 1. The molecule has 0 aliphatic carbocycles. The van der Waals surface area contributed by atoms with Crippen molar-refractivity contribution in [2.75, 3.05) is 13.1 Å². The summed E-state index contributed by atoms with van der Waals surface area (Å²) in [5.41, 5.74) is 0.648. The Kier molecular flexibility index (Phi) is 3.19. The van der Waals surface area contributed by atoms with Crippen molar-refractivity contribution in [3.8, 4) is 0 Å². The van der Waals surface area contributed by atoms with Gasteiger partial charge in [-0.1, -0.05) is 0 Å². The molecular formula is C11H15NO4S2. The van der Waals surface area contributed by atoms with Gasteiger partial charge in [0, 0.05) is 13.1 Å².